The summed E-state index contributed by atoms with van der Waals surface area (Å²) in [5, 5.41) is 0. The highest BCUT2D eigenvalue weighted by atomic mass is 19.1. The van der Waals surface area contributed by atoms with E-state index in [1.807, 2.05) is 6.92 Å². The highest BCUT2D eigenvalue weighted by Gasteiger charge is 2.44. The average molecular weight is 224 g/mol. The first kappa shape index (κ1) is 11.3. The second kappa shape index (κ2) is 4.37. The molecule has 1 aliphatic carbocycles. The van der Waals surface area contributed by atoms with Crippen LogP contribution < -0.4 is 10.5 Å². The van der Waals surface area contributed by atoms with E-state index >= 15 is 0 Å². The molecule has 0 spiro atoms. The summed E-state index contributed by atoms with van der Waals surface area (Å²) < 4.78 is 19.6. The third-order valence-corrected chi connectivity index (χ3v) is 2.87. The number of halogens is 1. The van der Waals surface area contributed by atoms with E-state index in [0.717, 1.165) is 6.42 Å². The maximum atomic E-state index is 14.2. The lowest BCUT2D eigenvalue weighted by Gasteiger charge is -2.39. The van der Waals surface area contributed by atoms with Crippen LogP contribution in [-0.2, 0) is 5.67 Å². The van der Waals surface area contributed by atoms with Gasteiger partial charge in [-0.05, 0) is 12.5 Å². The van der Waals surface area contributed by atoms with Crippen molar-refractivity contribution >= 4 is 0 Å². The van der Waals surface area contributed by atoms with Crippen LogP contribution in [0.5, 0.6) is 5.75 Å². The van der Waals surface area contributed by atoms with Gasteiger partial charge >= 0.3 is 0 Å². The Morgan fingerprint density at radius 2 is 2.31 bits per heavy atom. The van der Waals surface area contributed by atoms with Crippen molar-refractivity contribution in [2.24, 2.45) is 5.73 Å². The Balaban J connectivity index is 2.10. The fraction of sp³-hybridized carbons (Fsp3) is 0.583. The molecule has 1 aromatic rings. The topological polar surface area (TPSA) is 48.1 Å². The monoisotopic (exact) mass is 224 g/mol. The van der Waals surface area contributed by atoms with Gasteiger partial charge in [0.05, 0.1) is 12.8 Å². The third kappa shape index (κ3) is 2.16. The molecule has 88 valence electrons. The Labute approximate surface area is 94.8 Å². The SMILES string of the molecule is CCCOc1cncc(C2(F)CC(N)C2)c1. The third-order valence-electron chi connectivity index (χ3n) is 2.87. The zero-order chi connectivity index (χ0) is 11.6. The van der Waals surface area contributed by atoms with E-state index in [-0.39, 0.29) is 6.04 Å². The van der Waals surface area contributed by atoms with E-state index in [9.17, 15) is 4.39 Å². The van der Waals surface area contributed by atoms with Crippen LogP contribution in [0.2, 0.25) is 0 Å². The lowest BCUT2D eigenvalue weighted by Crippen LogP contribution is -2.46. The maximum absolute atomic E-state index is 14.2. The summed E-state index contributed by atoms with van der Waals surface area (Å²) in [5.41, 5.74) is 4.91. The van der Waals surface area contributed by atoms with E-state index < -0.39 is 5.67 Å². The number of aromatic nitrogens is 1. The van der Waals surface area contributed by atoms with E-state index in [0.29, 0.717) is 30.8 Å². The second-order valence-electron chi connectivity index (χ2n) is 4.39. The lowest BCUT2D eigenvalue weighted by atomic mass is 9.74. The van der Waals surface area contributed by atoms with Gasteiger partial charge in [0.1, 0.15) is 11.4 Å². The predicted molar refractivity (Wildman–Crippen MR) is 60.0 cm³/mol. The van der Waals surface area contributed by atoms with Gasteiger partial charge < -0.3 is 10.5 Å². The van der Waals surface area contributed by atoms with Crippen LogP contribution in [0.3, 0.4) is 0 Å². The van der Waals surface area contributed by atoms with Gasteiger partial charge in [-0.15, -0.1) is 0 Å². The molecule has 1 aliphatic rings. The minimum Gasteiger partial charge on any atom is -0.492 e. The fourth-order valence-corrected chi connectivity index (χ4v) is 1.97. The van der Waals surface area contributed by atoms with Crippen LogP contribution in [0, 0.1) is 0 Å². The lowest BCUT2D eigenvalue weighted by molar-refractivity contribution is 0.0399. The molecule has 0 unspecified atom stereocenters. The molecule has 4 heteroatoms. The van der Waals surface area contributed by atoms with Crippen LogP contribution in [0.4, 0.5) is 4.39 Å². The molecule has 0 aromatic carbocycles. The van der Waals surface area contributed by atoms with Crippen molar-refractivity contribution in [3.05, 3.63) is 24.0 Å². The first-order chi connectivity index (χ1) is 7.64. The van der Waals surface area contributed by atoms with Gasteiger partial charge in [-0.2, -0.15) is 0 Å². The average Bonchev–Trinajstić information content (AvgIpc) is 2.25. The van der Waals surface area contributed by atoms with Gasteiger partial charge in [0, 0.05) is 30.6 Å². The molecule has 2 N–H and O–H groups in total. The molecule has 1 saturated carbocycles. The predicted octanol–water partition coefficient (Wildman–Crippen LogP) is 2.16. The molecule has 0 radical (unpaired) electrons. The largest absolute Gasteiger partial charge is 0.492 e. The van der Waals surface area contributed by atoms with Gasteiger partial charge in [-0.25, -0.2) is 4.39 Å². The van der Waals surface area contributed by atoms with Crippen LogP contribution in [0.25, 0.3) is 0 Å². The zero-order valence-corrected chi connectivity index (χ0v) is 9.45. The summed E-state index contributed by atoms with van der Waals surface area (Å²) in [7, 11) is 0. The van der Waals surface area contributed by atoms with Gasteiger partial charge in [0.2, 0.25) is 0 Å². The molecule has 1 aromatic heterocycles. The Morgan fingerprint density at radius 1 is 1.56 bits per heavy atom. The normalized spacial score (nSPS) is 28.6. The minimum absolute atomic E-state index is 0.0229. The number of ether oxygens (including phenoxy) is 1. The van der Waals surface area contributed by atoms with Crippen molar-refractivity contribution in [2.45, 2.75) is 37.9 Å². The summed E-state index contributed by atoms with van der Waals surface area (Å²) in [5.74, 6) is 0.636. The molecule has 16 heavy (non-hydrogen) atoms. The standard InChI is InChI=1S/C12H17FN2O/c1-2-3-16-11-4-9(7-15-8-11)12(13)5-10(14)6-12/h4,7-8,10H,2-3,5-6,14H2,1H3. The van der Waals surface area contributed by atoms with Crippen molar-refractivity contribution in [1.82, 2.24) is 4.98 Å². The smallest absolute Gasteiger partial charge is 0.140 e. The second-order valence-corrected chi connectivity index (χ2v) is 4.39. The number of pyridine rings is 1. The maximum Gasteiger partial charge on any atom is 0.140 e. The van der Waals surface area contributed by atoms with Crippen LogP contribution >= 0.6 is 0 Å². The summed E-state index contributed by atoms with van der Waals surface area (Å²) in [4.78, 5) is 4.00. The number of nitrogens with two attached hydrogens (primary N) is 1. The highest BCUT2D eigenvalue weighted by Crippen LogP contribution is 2.44. The highest BCUT2D eigenvalue weighted by molar-refractivity contribution is 5.30. The summed E-state index contributed by atoms with van der Waals surface area (Å²) in [6, 6.07) is 1.71. The number of hydrogen-bond acceptors (Lipinski definition) is 3. The minimum atomic E-state index is -1.29. The van der Waals surface area contributed by atoms with E-state index in [1.165, 1.54) is 0 Å². The molecule has 0 atom stereocenters. The van der Waals surface area contributed by atoms with E-state index in [4.69, 9.17) is 10.5 Å². The quantitative estimate of drug-likeness (QED) is 0.852. The Hall–Kier alpha value is -1.16. The summed E-state index contributed by atoms with van der Waals surface area (Å²) in [6.45, 7) is 2.66. The molecular weight excluding hydrogens is 207 g/mol. The Morgan fingerprint density at radius 3 is 2.94 bits per heavy atom. The molecule has 0 amide bonds. The van der Waals surface area contributed by atoms with Gasteiger partial charge in [-0.3, -0.25) is 4.98 Å². The van der Waals surface area contributed by atoms with Crippen LogP contribution in [0.15, 0.2) is 18.5 Å². The number of rotatable bonds is 4. The number of hydrogen-bond donors (Lipinski definition) is 1. The molecule has 1 fully saturated rings. The molecule has 0 saturated heterocycles. The number of nitrogens with zero attached hydrogens (tertiary/aromatic N) is 1. The molecule has 0 aliphatic heterocycles. The molecule has 2 rings (SSSR count). The molecule has 0 bridgehead atoms. The van der Waals surface area contributed by atoms with Crippen molar-refractivity contribution < 1.29 is 9.13 Å². The summed E-state index contributed by atoms with van der Waals surface area (Å²) in [6.07, 6.45) is 4.86. The van der Waals surface area contributed by atoms with Gasteiger partial charge in [0.25, 0.3) is 0 Å². The van der Waals surface area contributed by atoms with Crippen LogP contribution in [-0.4, -0.2) is 17.6 Å². The van der Waals surface area contributed by atoms with E-state index in [2.05, 4.69) is 4.98 Å². The zero-order valence-electron chi connectivity index (χ0n) is 9.45. The van der Waals surface area contributed by atoms with Crippen LogP contribution in [0.1, 0.15) is 31.7 Å². The van der Waals surface area contributed by atoms with Crippen molar-refractivity contribution in [2.75, 3.05) is 6.61 Å². The molecule has 1 heterocycles. The molecule has 3 nitrogen and oxygen atoms in total. The van der Waals surface area contributed by atoms with Crippen molar-refractivity contribution in [3.8, 4) is 5.75 Å². The Kier molecular flexibility index (Phi) is 3.10. The number of alkyl halides is 1. The van der Waals surface area contributed by atoms with Gasteiger partial charge in [0.15, 0.2) is 0 Å². The molecular formula is C12H17FN2O. The first-order valence-corrected chi connectivity index (χ1v) is 5.67. The van der Waals surface area contributed by atoms with Gasteiger partial charge in [-0.1, -0.05) is 6.92 Å². The fourth-order valence-electron chi connectivity index (χ4n) is 1.97. The first-order valence-electron chi connectivity index (χ1n) is 5.67. The summed E-state index contributed by atoms with van der Waals surface area (Å²) >= 11 is 0. The Bertz CT molecular complexity index is 364. The van der Waals surface area contributed by atoms with E-state index in [1.54, 1.807) is 18.5 Å². The van der Waals surface area contributed by atoms with Crippen molar-refractivity contribution in [1.29, 1.82) is 0 Å². The van der Waals surface area contributed by atoms with Crippen molar-refractivity contribution in [3.63, 3.8) is 0 Å².